The first kappa shape index (κ1) is 24.0. The van der Waals surface area contributed by atoms with Crippen LogP contribution in [0.25, 0.3) is 0 Å². The molecule has 34 heavy (non-hydrogen) atoms. The molecule has 10 nitrogen and oxygen atoms in total. The van der Waals surface area contributed by atoms with Crippen molar-refractivity contribution < 1.29 is 27.5 Å². The zero-order chi connectivity index (χ0) is 24.5. The van der Waals surface area contributed by atoms with E-state index in [2.05, 4.69) is 5.32 Å². The number of morpholine rings is 1. The maximum Gasteiger partial charge on any atom is 0.265 e. The first-order chi connectivity index (χ1) is 16.2. The van der Waals surface area contributed by atoms with Crippen molar-refractivity contribution in [3.63, 3.8) is 0 Å². The number of hydrogen-bond acceptors (Lipinski definition) is 7. The predicted octanol–water partition coefficient (Wildman–Crippen LogP) is 1.45. The van der Waals surface area contributed by atoms with Crippen LogP contribution in [-0.2, 0) is 24.3 Å². The number of carbonyl (C=O) groups excluding carboxylic acids is 2. The molecule has 2 aromatic carbocycles. The molecule has 0 saturated carbocycles. The Morgan fingerprint density at radius 3 is 2.56 bits per heavy atom. The van der Waals surface area contributed by atoms with Gasteiger partial charge in [-0.1, -0.05) is 6.07 Å². The molecule has 2 aliphatic rings. The fourth-order valence-corrected chi connectivity index (χ4v) is 5.39. The monoisotopic (exact) mass is 488 g/mol. The molecule has 0 atom stereocenters. The summed E-state index contributed by atoms with van der Waals surface area (Å²) < 4.78 is 38.2. The van der Waals surface area contributed by atoms with Gasteiger partial charge < -0.3 is 19.7 Å². The highest BCUT2D eigenvalue weighted by molar-refractivity contribution is 7.89. The number of sulfonamides is 1. The maximum atomic E-state index is 13.1. The topological polar surface area (TPSA) is 108 Å². The van der Waals surface area contributed by atoms with E-state index in [4.69, 9.17) is 9.47 Å². The van der Waals surface area contributed by atoms with Gasteiger partial charge in [0.1, 0.15) is 12.3 Å². The molecular weight excluding hydrogens is 460 g/mol. The van der Waals surface area contributed by atoms with Crippen molar-refractivity contribution >= 4 is 38.9 Å². The summed E-state index contributed by atoms with van der Waals surface area (Å²) in [7, 11) is 0.0571. The molecule has 2 aliphatic heterocycles. The third-order valence-corrected chi connectivity index (χ3v) is 7.65. The molecule has 1 saturated heterocycles. The summed E-state index contributed by atoms with van der Waals surface area (Å²) in [5.41, 5.74) is 2.88. The van der Waals surface area contributed by atoms with Crippen LogP contribution in [0.3, 0.4) is 0 Å². The molecule has 0 aromatic heterocycles. The smallest absolute Gasteiger partial charge is 0.265 e. The molecule has 11 heteroatoms. The van der Waals surface area contributed by atoms with Gasteiger partial charge >= 0.3 is 0 Å². The van der Waals surface area contributed by atoms with Crippen molar-refractivity contribution in [1.29, 1.82) is 0 Å². The lowest BCUT2D eigenvalue weighted by Gasteiger charge is -2.30. The molecule has 2 heterocycles. The lowest BCUT2D eigenvalue weighted by atomic mass is 10.1. The van der Waals surface area contributed by atoms with E-state index >= 15 is 0 Å². The second kappa shape index (κ2) is 9.61. The van der Waals surface area contributed by atoms with E-state index < -0.39 is 21.8 Å². The second-order valence-corrected chi connectivity index (χ2v) is 10.3. The number of aryl methyl sites for hydroxylation is 1. The highest BCUT2D eigenvalue weighted by Gasteiger charge is 2.32. The van der Waals surface area contributed by atoms with Crippen LogP contribution < -0.4 is 19.9 Å². The molecule has 2 aromatic rings. The van der Waals surface area contributed by atoms with Gasteiger partial charge in [0.2, 0.25) is 15.9 Å². The Morgan fingerprint density at radius 1 is 1.12 bits per heavy atom. The van der Waals surface area contributed by atoms with Gasteiger partial charge in [0, 0.05) is 38.6 Å². The zero-order valence-electron chi connectivity index (χ0n) is 19.4. The van der Waals surface area contributed by atoms with Crippen LogP contribution in [0.15, 0.2) is 41.3 Å². The van der Waals surface area contributed by atoms with Crippen molar-refractivity contribution in [2.45, 2.75) is 11.8 Å². The van der Waals surface area contributed by atoms with Gasteiger partial charge in [-0.05, 0) is 42.8 Å². The molecule has 4 rings (SSSR count). The highest BCUT2D eigenvalue weighted by Crippen LogP contribution is 2.35. The number of fused-ring (bicyclic) bond motifs is 1. The minimum absolute atomic E-state index is 0.0333. The highest BCUT2D eigenvalue weighted by atomic mass is 32.2. The number of nitrogens with one attached hydrogen (secondary N) is 1. The Kier molecular flexibility index (Phi) is 6.78. The Morgan fingerprint density at radius 2 is 1.85 bits per heavy atom. The van der Waals surface area contributed by atoms with Crippen LogP contribution in [0.5, 0.6) is 5.75 Å². The third-order valence-electron chi connectivity index (χ3n) is 5.76. The lowest BCUT2D eigenvalue weighted by Crippen LogP contribution is -2.44. The summed E-state index contributed by atoms with van der Waals surface area (Å²) in [4.78, 5) is 28.7. The van der Waals surface area contributed by atoms with Gasteiger partial charge in [0.15, 0.2) is 6.61 Å². The van der Waals surface area contributed by atoms with Gasteiger partial charge in [-0.3, -0.25) is 14.5 Å². The molecule has 0 aliphatic carbocycles. The van der Waals surface area contributed by atoms with Crippen LogP contribution in [0.2, 0.25) is 0 Å². The number of amides is 2. The fraction of sp³-hybridized carbons (Fsp3) is 0.391. The van der Waals surface area contributed by atoms with E-state index in [-0.39, 0.29) is 36.8 Å². The van der Waals surface area contributed by atoms with Crippen LogP contribution in [0, 0.1) is 6.92 Å². The minimum atomic E-state index is -3.78. The number of anilines is 3. The Balaban J connectivity index is 1.57. The van der Waals surface area contributed by atoms with Gasteiger partial charge in [0.25, 0.3) is 5.91 Å². The second-order valence-electron chi connectivity index (χ2n) is 8.36. The predicted molar refractivity (Wildman–Crippen MR) is 128 cm³/mol. The molecule has 0 unspecified atom stereocenters. The summed E-state index contributed by atoms with van der Waals surface area (Å²) in [5, 5.41) is 2.82. The zero-order valence-corrected chi connectivity index (χ0v) is 20.2. The van der Waals surface area contributed by atoms with Gasteiger partial charge in [0.05, 0.1) is 23.8 Å². The summed E-state index contributed by atoms with van der Waals surface area (Å²) in [6, 6.07) is 9.91. The van der Waals surface area contributed by atoms with Crippen LogP contribution in [-0.4, -0.2) is 78.1 Å². The van der Waals surface area contributed by atoms with Crippen LogP contribution >= 0.6 is 0 Å². The van der Waals surface area contributed by atoms with Crippen molar-refractivity contribution in [3.05, 3.63) is 42.0 Å². The first-order valence-corrected chi connectivity index (χ1v) is 12.3. The van der Waals surface area contributed by atoms with E-state index in [0.717, 1.165) is 11.3 Å². The van der Waals surface area contributed by atoms with Crippen molar-refractivity contribution in [2.24, 2.45) is 0 Å². The molecule has 2 amide bonds. The summed E-state index contributed by atoms with van der Waals surface area (Å²) in [6.07, 6.45) is 0. The lowest BCUT2D eigenvalue weighted by molar-refractivity contribution is -0.123. The average molecular weight is 489 g/mol. The number of benzene rings is 2. The minimum Gasteiger partial charge on any atom is -0.482 e. The van der Waals surface area contributed by atoms with Crippen LogP contribution in [0.4, 0.5) is 17.1 Å². The number of carbonyl (C=O) groups is 2. The summed E-state index contributed by atoms with van der Waals surface area (Å²) in [6.45, 7) is 2.64. The first-order valence-electron chi connectivity index (χ1n) is 10.9. The molecule has 0 bridgehead atoms. The SMILES string of the molecule is Cc1ccc(NC(=O)CN2C(=O)COc3ccc(S(=O)(=O)N4CCOCC4)cc32)cc1N(C)C. The molecule has 1 fully saturated rings. The number of nitrogens with zero attached hydrogens (tertiary/aromatic N) is 3. The van der Waals surface area contributed by atoms with E-state index in [0.29, 0.717) is 24.7 Å². The number of rotatable bonds is 6. The molecule has 182 valence electrons. The Labute approximate surface area is 199 Å². The largest absolute Gasteiger partial charge is 0.482 e. The van der Waals surface area contributed by atoms with E-state index in [9.17, 15) is 18.0 Å². The van der Waals surface area contributed by atoms with Crippen LogP contribution in [0.1, 0.15) is 5.56 Å². The summed E-state index contributed by atoms with van der Waals surface area (Å²) in [5.74, 6) is -0.490. The van der Waals surface area contributed by atoms with Crippen molar-refractivity contribution in [3.8, 4) is 5.75 Å². The normalized spacial score (nSPS) is 16.6. The maximum absolute atomic E-state index is 13.1. The summed E-state index contributed by atoms with van der Waals surface area (Å²) >= 11 is 0. The molecule has 1 N–H and O–H groups in total. The van der Waals surface area contributed by atoms with Gasteiger partial charge in [-0.15, -0.1) is 0 Å². The standard InChI is InChI=1S/C23H28N4O6S/c1-16-4-5-17(12-19(16)25(2)3)24-22(28)14-27-20-13-18(6-7-21(20)33-15-23(27)29)34(30,31)26-8-10-32-11-9-26/h4-7,12-13H,8-11,14-15H2,1-3H3,(H,24,28). The third kappa shape index (κ3) is 4.86. The van der Waals surface area contributed by atoms with Crippen molar-refractivity contribution in [2.75, 3.05) is 68.7 Å². The Hall–Kier alpha value is -3.15. The Bertz CT molecular complexity index is 1210. The fourth-order valence-electron chi connectivity index (χ4n) is 3.96. The quantitative estimate of drug-likeness (QED) is 0.656. The van der Waals surface area contributed by atoms with E-state index in [1.807, 2.05) is 38.1 Å². The van der Waals surface area contributed by atoms with E-state index in [1.54, 1.807) is 6.07 Å². The molecule has 0 spiro atoms. The van der Waals surface area contributed by atoms with Gasteiger partial charge in [-0.2, -0.15) is 4.31 Å². The van der Waals surface area contributed by atoms with Crippen molar-refractivity contribution in [1.82, 2.24) is 4.31 Å². The molecular formula is C23H28N4O6S. The number of hydrogen-bond donors (Lipinski definition) is 1. The van der Waals surface area contributed by atoms with Gasteiger partial charge in [-0.25, -0.2) is 8.42 Å². The van der Waals surface area contributed by atoms with E-state index in [1.165, 1.54) is 27.4 Å². The number of ether oxygens (including phenoxy) is 2. The molecule has 0 radical (unpaired) electrons. The average Bonchev–Trinajstić information content (AvgIpc) is 2.82.